The molecule has 0 radical (unpaired) electrons. The second-order valence-electron chi connectivity index (χ2n) is 7.49. The molecule has 4 nitrogen and oxygen atoms in total. The Hall–Kier alpha value is -2.61. The van der Waals surface area contributed by atoms with E-state index in [0.717, 1.165) is 11.6 Å². The third-order valence-corrected chi connectivity index (χ3v) is 5.77. The quantitative estimate of drug-likeness (QED) is 0.382. The first kappa shape index (κ1) is 22.1. The molecule has 0 aliphatic heterocycles. The van der Waals surface area contributed by atoms with E-state index in [1.165, 1.54) is 24.5 Å². The number of carbonyl (C=O) groups is 1. The van der Waals surface area contributed by atoms with Crippen LogP contribution >= 0.6 is 15.9 Å². The number of aromatic nitrogens is 2. The summed E-state index contributed by atoms with van der Waals surface area (Å²) in [7, 11) is 0. The Morgan fingerprint density at radius 2 is 1.80 bits per heavy atom. The van der Waals surface area contributed by atoms with E-state index in [1.54, 1.807) is 38.1 Å². The fraction of sp³-hybridized carbons (Fsp3) is 0.273. The van der Waals surface area contributed by atoms with Crippen LogP contribution in [-0.2, 0) is 12.0 Å². The van der Waals surface area contributed by atoms with Crippen LogP contribution in [-0.4, -0.2) is 21.7 Å². The Balaban J connectivity index is 2.03. The molecule has 0 spiro atoms. The molecule has 158 valence electrons. The van der Waals surface area contributed by atoms with Crippen LogP contribution in [0.1, 0.15) is 39.5 Å². The summed E-state index contributed by atoms with van der Waals surface area (Å²) < 4.78 is 43.9. The van der Waals surface area contributed by atoms with Crippen molar-refractivity contribution in [3.63, 3.8) is 0 Å². The van der Waals surface area contributed by atoms with E-state index in [1.807, 2.05) is 0 Å². The number of aryl methyl sites for hydroxylation is 2. The van der Waals surface area contributed by atoms with Crippen LogP contribution in [0.4, 0.5) is 18.9 Å². The number of nitrogen functional groups attached to an aromatic ring is 1. The summed E-state index contributed by atoms with van der Waals surface area (Å²) in [6.07, 6.45) is -1.88. The first-order valence-corrected chi connectivity index (χ1v) is 9.99. The van der Waals surface area contributed by atoms with Crippen molar-refractivity contribution in [1.82, 2.24) is 9.78 Å². The monoisotopic (exact) mass is 479 g/mol. The zero-order chi connectivity index (χ0) is 22.3. The van der Waals surface area contributed by atoms with E-state index < -0.39 is 11.7 Å². The predicted octanol–water partition coefficient (Wildman–Crippen LogP) is 5.60. The molecule has 0 fully saturated rings. The van der Waals surface area contributed by atoms with E-state index in [0.29, 0.717) is 32.4 Å². The van der Waals surface area contributed by atoms with Crippen LogP contribution in [0.3, 0.4) is 0 Å². The molecule has 1 heterocycles. The smallest absolute Gasteiger partial charge is 0.399 e. The van der Waals surface area contributed by atoms with Gasteiger partial charge >= 0.3 is 6.18 Å². The molecule has 1 unspecified atom stereocenters. The van der Waals surface area contributed by atoms with Crippen LogP contribution in [0, 0.1) is 13.8 Å². The molecule has 0 saturated carbocycles. The minimum atomic E-state index is -4.59. The highest BCUT2D eigenvalue weighted by Crippen LogP contribution is 2.43. The lowest BCUT2D eigenvalue weighted by molar-refractivity contribution is -0.197. The maximum Gasteiger partial charge on any atom is 0.417 e. The molecule has 3 rings (SSSR count). The molecular weight excluding hydrogens is 459 g/mol. The fourth-order valence-electron chi connectivity index (χ4n) is 3.50. The van der Waals surface area contributed by atoms with E-state index in [9.17, 15) is 18.0 Å². The predicted molar refractivity (Wildman–Crippen MR) is 114 cm³/mol. The molecule has 0 aliphatic rings. The Bertz CT molecular complexity index is 1080. The number of ketones is 1. The molecule has 0 bridgehead atoms. The number of rotatable bonds is 5. The number of carbonyl (C=O) groups excluding carboxylic acids is 1. The zero-order valence-corrected chi connectivity index (χ0v) is 18.3. The van der Waals surface area contributed by atoms with Crippen LogP contribution in [0.2, 0.25) is 0 Å². The largest absolute Gasteiger partial charge is 0.417 e. The summed E-state index contributed by atoms with van der Waals surface area (Å²) in [5.41, 5.74) is 6.33. The number of hydrogen-bond donors (Lipinski definition) is 1. The maximum absolute atomic E-state index is 14.2. The van der Waals surface area contributed by atoms with Crippen LogP contribution in [0.15, 0.2) is 53.3 Å². The van der Waals surface area contributed by atoms with Gasteiger partial charge in [0.25, 0.3) is 0 Å². The van der Waals surface area contributed by atoms with Crippen LogP contribution in [0.5, 0.6) is 0 Å². The van der Waals surface area contributed by atoms with Gasteiger partial charge in [0.15, 0.2) is 11.3 Å². The highest BCUT2D eigenvalue weighted by atomic mass is 79.9. The summed E-state index contributed by atoms with van der Waals surface area (Å²) in [5.74, 6) is -0.143. The number of Topliss-reactive ketones (excluding diaryl/α,β-unsaturated/α-hetero) is 1. The van der Waals surface area contributed by atoms with Gasteiger partial charge in [0.1, 0.15) is 0 Å². The standard InChI is InChI=1S/C22H21BrF3N3O/c1-13-7-16(21(3,22(24,25)26)29-12-17(23)11-28-29)8-14(2)19(13)10-20(30)15-5-4-6-18(27)9-15/h4-9,11-12H,10,27H2,1-3H3. The average molecular weight is 480 g/mol. The highest BCUT2D eigenvalue weighted by molar-refractivity contribution is 9.10. The number of nitrogens with zero attached hydrogens (tertiary/aromatic N) is 2. The Morgan fingerprint density at radius 3 is 2.30 bits per heavy atom. The van der Waals surface area contributed by atoms with Gasteiger partial charge in [-0.1, -0.05) is 24.3 Å². The summed E-state index contributed by atoms with van der Waals surface area (Å²) >= 11 is 3.16. The van der Waals surface area contributed by atoms with Crippen molar-refractivity contribution < 1.29 is 18.0 Å². The van der Waals surface area contributed by atoms with Crippen molar-refractivity contribution in [1.29, 1.82) is 0 Å². The fourth-order valence-corrected chi connectivity index (χ4v) is 3.78. The number of benzene rings is 2. The minimum Gasteiger partial charge on any atom is -0.399 e. The van der Waals surface area contributed by atoms with Crippen molar-refractivity contribution in [2.75, 3.05) is 5.73 Å². The van der Waals surface area contributed by atoms with Gasteiger partial charge in [-0.2, -0.15) is 18.3 Å². The summed E-state index contributed by atoms with van der Waals surface area (Å²) in [6.45, 7) is 4.53. The van der Waals surface area contributed by atoms with Crippen LogP contribution in [0.25, 0.3) is 0 Å². The molecule has 2 N–H and O–H groups in total. The van der Waals surface area contributed by atoms with Crippen molar-refractivity contribution in [3.8, 4) is 0 Å². The van der Waals surface area contributed by atoms with E-state index in [2.05, 4.69) is 21.0 Å². The lowest BCUT2D eigenvalue weighted by Crippen LogP contribution is -2.46. The zero-order valence-electron chi connectivity index (χ0n) is 16.7. The average Bonchev–Trinajstić information content (AvgIpc) is 3.09. The number of anilines is 1. The van der Waals surface area contributed by atoms with Gasteiger partial charge in [-0.15, -0.1) is 0 Å². The highest BCUT2D eigenvalue weighted by Gasteiger charge is 2.55. The molecule has 30 heavy (non-hydrogen) atoms. The van der Waals surface area contributed by atoms with Crippen LogP contribution < -0.4 is 5.73 Å². The maximum atomic E-state index is 14.2. The molecule has 1 atom stereocenters. The number of halogens is 4. The third kappa shape index (κ3) is 4.01. The van der Waals surface area contributed by atoms with E-state index in [4.69, 9.17) is 5.73 Å². The Labute approximate surface area is 181 Å². The van der Waals surface area contributed by atoms with Gasteiger partial charge < -0.3 is 5.73 Å². The second kappa shape index (κ2) is 7.91. The lowest BCUT2D eigenvalue weighted by Gasteiger charge is -2.34. The Kier molecular flexibility index (Phi) is 5.82. The molecule has 3 aromatic rings. The van der Waals surface area contributed by atoms with Gasteiger partial charge in [-0.3, -0.25) is 9.48 Å². The normalized spacial score (nSPS) is 13.8. The van der Waals surface area contributed by atoms with Crippen molar-refractivity contribution >= 4 is 27.4 Å². The molecular formula is C22H21BrF3N3O. The van der Waals surface area contributed by atoms with Crippen molar-refractivity contribution in [2.45, 2.75) is 38.9 Å². The summed E-state index contributed by atoms with van der Waals surface area (Å²) in [6, 6.07) is 9.62. The SMILES string of the molecule is Cc1cc(C(C)(n2cc(Br)cn2)C(F)(F)F)cc(C)c1CC(=O)c1cccc(N)c1. The minimum absolute atomic E-state index is 0.0563. The van der Waals surface area contributed by atoms with Crippen molar-refractivity contribution in [3.05, 3.63) is 81.1 Å². The van der Waals surface area contributed by atoms with Gasteiger partial charge in [0, 0.05) is 23.9 Å². The molecule has 0 saturated heterocycles. The van der Waals surface area contributed by atoms with E-state index >= 15 is 0 Å². The first-order valence-electron chi connectivity index (χ1n) is 9.20. The molecule has 1 aromatic heterocycles. The molecule has 0 amide bonds. The molecule has 0 aliphatic carbocycles. The lowest BCUT2D eigenvalue weighted by atomic mass is 9.85. The summed E-state index contributed by atoms with van der Waals surface area (Å²) in [5, 5.41) is 3.89. The van der Waals surface area contributed by atoms with Crippen molar-refractivity contribution in [2.24, 2.45) is 0 Å². The first-order chi connectivity index (χ1) is 13.9. The third-order valence-electron chi connectivity index (χ3n) is 5.37. The number of alkyl halides is 3. The van der Waals surface area contributed by atoms with Gasteiger partial charge in [-0.05, 0) is 71.1 Å². The van der Waals surface area contributed by atoms with Gasteiger partial charge in [0.05, 0.1) is 10.7 Å². The molecule has 8 heteroatoms. The number of hydrogen-bond acceptors (Lipinski definition) is 3. The Morgan fingerprint density at radius 1 is 1.17 bits per heavy atom. The second-order valence-corrected chi connectivity index (χ2v) is 8.40. The molecule has 2 aromatic carbocycles. The van der Waals surface area contributed by atoms with Gasteiger partial charge in [0.2, 0.25) is 0 Å². The summed E-state index contributed by atoms with van der Waals surface area (Å²) in [4.78, 5) is 12.7. The topological polar surface area (TPSA) is 60.9 Å². The van der Waals surface area contributed by atoms with E-state index in [-0.39, 0.29) is 17.8 Å². The number of nitrogens with two attached hydrogens (primary N) is 1. The van der Waals surface area contributed by atoms with Gasteiger partial charge in [-0.25, -0.2) is 0 Å².